The molecule has 0 bridgehead atoms. The van der Waals surface area contributed by atoms with Gasteiger partial charge in [0.25, 0.3) is 5.91 Å². The smallest absolute Gasteiger partial charge is 0.272 e. The number of carbonyl (C=O) groups is 1. The molecule has 0 fully saturated rings. The molecule has 0 saturated carbocycles. The Morgan fingerprint density at radius 1 is 1.14 bits per heavy atom. The normalized spacial score (nSPS) is 13.5. The molecule has 0 saturated heterocycles. The van der Waals surface area contributed by atoms with Crippen LogP contribution in [-0.4, -0.2) is 17.4 Å². The highest BCUT2D eigenvalue weighted by Gasteiger charge is 2.17. The molecule has 1 aliphatic rings. The van der Waals surface area contributed by atoms with Gasteiger partial charge in [-0.3, -0.25) is 4.79 Å². The molecule has 3 heterocycles. The van der Waals surface area contributed by atoms with E-state index >= 15 is 0 Å². The summed E-state index contributed by atoms with van der Waals surface area (Å²) in [7, 11) is 0. The second-order valence-electron chi connectivity index (χ2n) is 6.93. The Morgan fingerprint density at radius 3 is 2.82 bits per heavy atom. The zero-order chi connectivity index (χ0) is 19.1. The average Bonchev–Trinajstić information content (AvgIpc) is 3.35. The number of rotatable bonds is 3. The molecule has 140 valence electrons. The van der Waals surface area contributed by atoms with E-state index in [0.29, 0.717) is 22.3 Å². The summed E-state index contributed by atoms with van der Waals surface area (Å²) in [6, 6.07) is 16.4. The van der Waals surface area contributed by atoms with E-state index in [2.05, 4.69) is 26.6 Å². The summed E-state index contributed by atoms with van der Waals surface area (Å²) >= 11 is 1.83. The van der Waals surface area contributed by atoms with E-state index in [9.17, 15) is 9.18 Å². The maximum absolute atomic E-state index is 13.8. The summed E-state index contributed by atoms with van der Waals surface area (Å²) in [5.74, 6) is -0.628. The summed E-state index contributed by atoms with van der Waals surface area (Å²) in [4.78, 5) is 19.3. The predicted octanol–water partition coefficient (Wildman–Crippen LogP) is 5.18. The number of anilines is 2. The van der Waals surface area contributed by atoms with Gasteiger partial charge in [-0.2, -0.15) is 0 Å². The molecule has 1 amide bonds. The van der Waals surface area contributed by atoms with Gasteiger partial charge in [-0.05, 0) is 65.9 Å². The topological polar surface area (TPSA) is 48.1 Å². The number of nitrogens with one attached hydrogen (secondary N) is 2. The first-order valence-corrected chi connectivity index (χ1v) is 10.0. The van der Waals surface area contributed by atoms with E-state index in [-0.39, 0.29) is 11.7 Å². The van der Waals surface area contributed by atoms with Gasteiger partial charge in [0.15, 0.2) is 0 Å². The zero-order valence-electron chi connectivity index (χ0n) is 15.0. The van der Waals surface area contributed by atoms with Crippen LogP contribution in [0.25, 0.3) is 10.9 Å². The number of fused-ring (bicyclic) bond motifs is 2. The number of aromatic nitrogens is 1. The Hall–Kier alpha value is -3.12. The van der Waals surface area contributed by atoms with Crippen LogP contribution in [0.2, 0.25) is 0 Å². The molecule has 2 aromatic heterocycles. The van der Waals surface area contributed by atoms with Crippen molar-refractivity contribution in [2.75, 3.05) is 16.8 Å². The zero-order valence-corrected chi connectivity index (χ0v) is 15.9. The fourth-order valence-electron chi connectivity index (χ4n) is 3.66. The Labute approximate surface area is 165 Å². The van der Waals surface area contributed by atoms with Gasteiger partial charge in [-0.1, -0.05) is 6.07 Å². The highest BCUT2D eigenvalue weighted by molar-refractivity contribution is 7.10. The third kappa shape index (κ3) is 3.05. The fourth-order valence-corrected chi connectivity index (χ4v) is 4.55. The number of aromatic amines is 1. The first-order chi connectivity index (χ1) is 13.7. The van der Waals surface area contributed by atoms with Crippen molar-refractivity contribution >= 4 is 39.5 Å². The summed E-state index contributed by atoms with van der Waals surface area (Å²) in [5, 5.41) is 5.44. The minimum absolute atomic E-state index is 0.288. The number of hydrogen-bond acceptors (Lipinski definition) is 3. The molecule has 0 atom stereocenters. The van der Waals surface area contributed by atoms with Crippen LogP contribution in [0.1, 0.15) is 20.9 Å². The van der Waals surface area contributed by atoms with Gasteiger partial charge in [0.05, 0.1) is 0 Å². The maximum Gasteiger partial charge on any atom is 0.272 e. The number of nitrogens with zero attached hydrogens (tertiary/aromatic N) is 1. The number of amides is 1. The fraction of sp³-hybridized carbons (Fsp3) is 0.136. The molecule has 0 unspecified atom stereocenters. The maximum atomic E-state index is 13.8. The largest absolute Gasteiger partial charge is 0.367 e. The molecule has 28 heavy (non-hydrogen) atoms. The second kappa shape index (κ2) is 6.80. The highest BCUT2D eigenvalue weighted by atomic mass is 32.1. The minimum Gasteiger partial charge on any atom is -0.367 e. The van der Waals surface area contributed by atoms with E-state index in [4.69, 9.17) is 0 Å². The van der Waals surface area contributed by atoms with Crippen molar-refractivity contribution in [3.05, 3.63) is 81.9 Å². The van der Waals surface area contributed by atoms with Crippen molar-refractivity contribution in [1.82, 2.24) is 4.98 Å². The van der Waals surface area contributed by atoms with Crippen LogP contribution in [0, 0.1) is 5.82 Å². The van der Waals surface area contributed by atoms with Crippen LogP contribution in [-0.2, 0) is 13.0 Å². The van der Waals surface area contributed by atoms with Gasteiger partial charge in [-0.15, -0.1) is 11.3 Å². The quantitative estimate of drug-likeness (QED) is 0.505. The molecule has 0 radical (unpaired) electrons. The van der Waals surface area contributed by atoms with Crippen LogP contribution >= 0.6 is 11.3 Å². The number of H-pyrrole nitrogens is 1. The number of benzene rings is 2. The molecular formula is C22H18FN3OS. The molecular weight excluding hydrogens is 373 g/mol. The Kier molecular flexibility index (Phi) is 4.13. The van der Waals surface area contributed by atoms with Gasteiger partial charge in [0.2, 0.25) is 0 Å². The summed E-state index contributed by atoms with van der Waals surface area (Å²) in [6.45, 7) is 1.92. The average molecular weight is 391 g/mol. The van der Waals surface area contributed by atoms with Crippen molar-refractivity contribution in [3.8, 4) is 0 Å². The number of hydrogen-bond donors (Lipinski definition) is 2. The van der Waals surface area contributed by atoms with Gasteiger partial charge >= 0.3 is 0 Å². The third-order valence-corrected chi connectivity index (χ3v) is 6.18. The van der Waals surface area contributed by atoms with Crippen LogP contribution in [0.15, 0.2) is 60.0 Å². The monoisotopic (exact) mass is 391 g/mol. The molecule has 0 aliphatic carbocycles. The van der Waals surface area contributed by atoms with Gasteiger partial charge in [0, 0.05) is 40.2 Å². The van der Waals surface area contributed by atoms with Gasteiger partial charge < -0.3 is 15.2 Å². The second-order valence-corrected chi connectivity index (χ2v) is 7.93. The van der Waals surface area contributed by atoms with E-state index in [1.807, 2.05) is 35.6 Å². The lowest BCUT2D eigenvalue weighted by atomic mass is 10.1. The number of carbonyl (C=O) groups excluding carboxylic acids is 1. The number of halogens is 1. The highest BCUT2D eigenvalue weighted by Crippen LogP contribution is 2.28. The van der Waals surface area contributed by atoms with Crippen molar-refractivity contribution in [1.29, 1.82) is 0 Å². The van der Waals surface area contributed by atoms with Crippen LogP contribution in [0.4, 0.5) is 15.8 Å². The van der Waals surface area contributed by atoms with Crippen molar-refractivity contribution in [2.24, 2.45) is 0 Å². The van der Waals surface area contributed by atoms with Gasteiger partial charge in [-0.25, -0.2) is 4.39 Å². The van der Waals surface area contributed by atoms with E-state index in [1.165, 1.54) is 16.5 Å². The van der Waals surface area contributed by atoms with Crippen molar-refractivity contribution < 1.29 is 9.18 Å². The number of thiophene rings is 1. The molecule has 2 aromatic carbocycles. The lowest BCUT2D eigenvalue weighted by Crippen LogP contribution is -2.29. The van der Waals surface area contributed by atoms with Crippen LogP contribution in [0.3, 0.4) is 0 Å². The van der Waals surface area contributed by atoms with Crippen LogP contribution in [0.5, 0.6) is 0 Å². The lowest BCUT2D eigenvalue weighted by molar-refractivity contribution is 0.102. The molecule has 0 spiro atoms. The van der Waals surface area contributed by atoms with Gasteiger partial charge in [0.1, 0.15) is 11.5 Å². The van der Waals surface area contributed by atoms with Crippen molar-refractivity contribution in [3.63, 3.8) is 0 Å². The predicted molar refractivity (Wildman–Crippen MR) is 112 cm³/mol. The van der Waals surface area contributed by atoms with E-state index in [1.54, 1.807) is 18.2 Å². The Morgan fingerprint density at radius 2 is 2.00 bits per heavy atom. The molecule has 2 N–H and O–H groups in total. The molecule has 1 aliphatic heterocycles. The first-order valence-electron chi connectivity index (χ1n) is 9.16. The van der Waals surface area contributed by atoms with Crippen molar-refractivity contribution in [2.45, 2.75) is 13.0 Å². The lowest BCUT2D eigenvalue weighted by Gasteiger charge is -2.29. The SMILES string of the molecule is O=C(Nc1ccc(N2CCc3sccc3C2)cc1)c1cc2c(F)cccc2[nH]1. The third-order valence-electron chi connectivity index (χ3n) is 5.15. The minimum atomic E-state index is -0.340. The molecule has 5 rings (SSSR count). The molecule has 4 nitrogen and oxygen atoms in total. The summed E-state index contributed by atoms with van der Waals surface area (Å²) in [6.07, 6.45) is 1.07. The van der Waals surface area contributed by atoms with E-state index in [0.717, 1.165) is 25.2 Å². The van der Waals surface area contributed by atoms with Crippen LogP contribution < -0.4 is 10.2 Å². The standard InChI is InChI=1S/C22H18FN3OS/c23-18-2-1-3-19-17(18)12-20(25-19)22(27)24-15-4-6-16(7-5-15)26-10-8-21-14(13-26)9-11-28-21/h1-7,9,11-12,25H,8,10,13H2,(H,24,27). The molecule has 4 aromatic rings. The summed E-state index contributed by atoms with van der Waals surface area (Å²) in [5.41, 5.74) is 4.20. The Bertz CT molecular complexity index is 1160. The first kappa shape index (κ1) is 17.0. The van der Waals surface area contributed by atoms with E-state index < -0.39 is 0 Å². The summed E-state index contributed by atoms with van der Waals surface area (Å²) < 4.78 is 13.8. The molecule has 6 heteroatoms. The Balaban J connectivity index is 1.30.